The molecule has 0 unspecified atom stereocenters. The van der Waals surface area contributed by atoms with Crippen LogP contribution in [0.2, 0.25) is 0 Å². The van der Waals surface area contributed by atoms with E-state index in [1.165, 1.54) is 31.5 Å². The van der Waals surface area contributed by atoms with Crippen LogP contribution in [0.25, 0.3) is 0 Å². The second-order valence-electron chi connectivity index (χ2n) is 6.18. The number of nitrogens with zero attached hydrogens (tertiary/aromatic N) is 3. The molecule has 1 aromatic heterocycles. The smallest absolute Gasteiger partial charge is 0.255 e. The molecule has 5 nitrogen and oxygen atoms in total. The molecule has 114 valence electrons. The van der Waals surface area contributed by atoms with Crippen LogP contribution in [0, 0.1) is 0 Å². The highest BCUT2D eigenvalue weighted by atomic mass is 16.3. The second-order valence-corrected chi connectivity index (χ2v) is 6.18. The lowest BCUT2D eigenvalue weighted by atomic mass is 9.92. The summed E-state index contributed by atoms with van der Waals surface area (Å²) in [6.07, 6.45) is 8.58. The first-order valence-electron chi connectivity index (χ1n) is 7.82. The Morgan fingerprint density at radius 2 is 2.00 bits per heavy atom. The van der Waals surface area contributed by atoms with E-state index >= 15 is 0 Å². The average Bonchev–Trinajstić information content (AvgIpc) is 2.68. The fraction of sp³-hybridized carbons (Fsp3) is 0.625. The van der Waals surface area contributed by atoms with Crippen molar-refractivity contribution in [1.29, 1.82) is 0 Å². The lowest BCUT2D eigenvalue weighted by molar-refractivity contribution is 0.0394. The number of aromatic hydroxyl groups is 1. The Kier molecular flexibility index (Phi) is 4.10. The van der Waals surface area contributed by atoms with Crippen molar-refractivity contribution >= 4 is 5.91 Å². The van der Waals surface area contributed by atoms with Crippen LogP contribution in [0.5, 0.6) is 5.75 Å². The van der Waals surface area contributed by atoms with Gasteiger partial charge in [0, 0.05) is 24.8 Å². The maximum absolute atomic E-state index is 12.8. The van der Waals surface area contributed by atoms with E-state index in [0.29, 0.717) is 17.6 Å². The van der Waals surface area contributed by atoms with Gasteiger partial charge in [-0.05, 0) is 45.3 Å². The molecule has 2 saturated heterocycles. The third-order valence-corrected chi connectivity index (χ3v) is 4.80. The normalized spacial score (nSPS) is 27.0. The van der Waals surface area contributed by atoms with Crippen LogP contribution < -0.4 is 0 Å². The first kappa shape index (κ1) is 14.3. The Balaban J connectivity index is 1.84. The molecule has 3 rings (SSSR count). The van der Waals surface area contributed by atoms with Crippen LogP contribution in [-0.4, -0.2) is 58.0 Å². The third-order valence-electron chi connectivity index (χ3n) is 4.80. The van der Waals surface area contributed by atoms with E-state index in [1.807, 2.05) is 4.90 Å². The van der Waals surface area contributed by atoms with Crippen molar-refractivity contribution < 1.29 is 9.90 Å². The summed E-state index contributed by atoms with van der Waals surface area (Å²) < 4.78 is 0. The molecule has 2 fully saturated rings. The lowest BCUT2D eigenvalue weighted by Gasteiger charge is -2.43. The Hall–Kier alpha value is -1.62. The quantitative estimate of drug-likeness (QED) is 0.857. The summed E-state index contributed by atoms with van der Waals surface area (Å²) in [5.74, 6) is 0.0517. The van der Waals surface area contributed by atoms with Gasteiger partial charge in [-0.1, -0.05) is 6.42 Å². The molecule has 0 aliphatic carbocycles. The number of piperidine rings is 1. The molecular formula is C16H23N3O2. The summed E-state index contributed by atoms with van der Waals surface area (Å²) in [4.78, 5) is 21.1. The van der Waals surface area contributed by atoms with Crippen LogP contribution in [0.4, 0.5) is 0 Å². The minimum atomic E-state index is 0.00315. The summed E-state index contributed by atoms with van der Waals surface area (Å²) >= 11 is 0. The number of rotatable bonds is 1. The van der Waals surface area contributed by atoms with Crippen LogP contribution in [0.3, 0.4) is 0 Å². The molecule has 2 aliphatic heterocycles. The molecule has 3 heterocycles. The standard InChI is InChI=1S/C16H23N3O2/c1-18-7-3-2-5-15-14(18)6-4-8-19(15)16(21)12-9-13(20)11-17-10-12/h9-11,14-15,20H,2-8H2,1H3/t14-,15-/m1/s1. The van der Waals surface area contributed by atoms with Gasteiger partial charge in [-0.15, -0.1) is 0 Å². The zero-order valence-corrected chi connectivity index (χ0v) is 12.5. The van der Waals surface area contributed by atoms with Gasteiger partial charge in [0.15, 0.2) is 0 Å². The lowest BCUT2D eigenvalue weighted by Crippen LogP contribution is -2.55. The van der Waals surface area contributed by atoms with Crippen molar-refractivity contribution in [3.05, 3.63) is 24.0 Å². The van der Waals surface area contributed by atoms with Crippen molar-refractivity contribution in [2.75, 3.05) is 20.1 Å². The SMILES string of the molecule is CN1CCCC[C@@H]2[C@H]1CCCN2C(=O)c1cncc(O)c1. The van der Waals surface area contributed by atoms with Gasteiger partial charge in [-0.25, -0.2) is 0 Å². The van der Waals surface area contributed by atoms with E-state index < -0.39 is 0 Å². The molecule has 5 heteroatoms. The zero-order valence-electron chi connectivity index (χ0n) is 12.5. The summed E-state index contributed by atoms with van der Waals surface area (Å²) in [5, 5.41) is 9.54. The molecule has 2 atom stereocenters. The Morgan fingerprint density at radius 1 is 1.19 bits per heavy atom. The molecular weight excluding hydrogens is 266 g/mol. The highest BCUT2D eigenvalue weighted by molar-refractivity contribution is 5.94. The fourth-order valence-electron chi connectivity index (χ4n) is 3.74. The highest BCUT2D eigenvalue weighted by Crippen LogP contribution is 2.29. The van der Waals surface area contributed by atoms with Crippen molar-refractivity contribution in [3.8, 4) is 5.75 Å². The van der Waals surface area contributed by atoms with Gasteiger partial charge in [-0.3, -0.25) is 9.78 Å². The molecule has 0 saturated carbocycles. The number of amides is 1. The molecule has 2 aliphatic rings. The predicted molar refractivity (Wildman–Crippen MR) is 80.2 cm³/mol. The molecule has 0 radical (unpaired) electrons. The maximum atomic E-state index is 12.8. The molecule has 1 aromatic rings. The summed E-state index contributed by atoms with van der Waals surface area (Å²) in [6.45, 7) is 1.93. The van der Waals surface area contributed by atoms with Crippen molar-refractivity contribution in [2.45, 2.75) is 44.2 Å². The minimum absolute atomic E-state index is 0.00315. The number of hydrogen-bond donors (Lipinski definition) is 1. The molecule has 1 amide bonds. The van der Waals surface area contributed by atoms with E-state index in [-0.39, 0.29) is 11.7 Å². The molecule has 0 spiro atoms. The van der Waals surface area contributed by atoms with Gasteiger partial charge in [0.1, 0.15) is 5.75 Å². The Labute approximate surface area is 125 Å². The van der Waals surface area contributed by atoms with Gasteiger partial charge < -0.3 is 14.9 Å². The van der Waals surface area contributed by atoms with E-state index in [2.05, 4.69) is 16.9 Å². The van der Waals surface area contributed by atoms with E-state index in [1.54, 1.807) is 6.20 Å². The zero-order chi connectivity index (χ0) is 14.8. The number of pyridine rings is 1. The monoisotopic (exact) mass is 289 g/mol. The second kappa shape index (κ2) is 6.02. The van der Waals surface area contributed by atoms with E-state index in [4.69, 9.17) is 0 Å². The topological polar surface area (TPSA) is 56.7 Å². The Bertz CT molecular complexity index is 520. The van der Waals surface area contributed by atoms with Crippen molar-refractivity contribution in [1.82, 2.24) is 14.8 Å². The summed E-state index contributed by atoms with van der Waals surface area (Å²) in [6, 6.07) is 2.27. The molecule has 21 heavy (non-hydrogen) atoms. The van der Waals surface area contributed by atoms with Crippen LogP contribution >= 0.6 is 0 Å². The third kappa shape index (κ3) is 2.88. The molecule has 1 N–H and O–H groups in total. The number of likely N-dealkylation sites (tertiary alicyclic amines) is 2. The molecule has 0 aromatic carbocycles. The van der Waals surface area contributed by atoms with Gasteiger partial charge in [-0.2, -0.15) is 0 Å². The number of carbonyl (C=O) groups is 1. The summed E-state index contributed by atoms with van der Waals surface area (Å²) in [5.41, 5.74) is 0.488. The van der Waals surface area contributed by atoms with E-state index in [9.17, 15) is 9.90 Å². The number of hydrogen-bond acceptors (Lipinski definition) is 4. The van der Waals surface area contributed by atoms with Gasteiger partial charge in [0.25, 0.3) is 5.91 Å². The number of fused-ring (bicyclic) bond motifs is 1. The van der Waals surface area contributed by atoms with Crippen molar-refractivity contribution in [3.63, 3.8) is 0 Å². The largest absolute Gasteiger partial charge is 0.506 e. The van der Waals surface area contributed by atoms with Crippen molar-refractivity contribution in [2.24, 2.45) is 0 Å². The first-order valence-corrected chi connectivity index (χ1v) is 7.82. The van der Waals surface area contributed by atoms with E-state index in [0.717, 1.165) is 25.9 Å². The number of carbonyl (C=O) groups excluding carboxylic acids is 1. The Morgan fingerprint density at radius 3 is 2.81 bits per heavy atom. The molecule has 0 bridgehead atoms. The predicted octanol–water partition coefficient (Wildman–Crippen LogP) is 1.88. The maximum Gasteiger partial charge on any atom is 0.255 e. The minimum Gasteiger partial charge on any atom is -0.506 e. The van der Waals surface area contributed by atoms with Gasteiger partial charge >= 0.3 is 0 Å². The van der Waals surface area contributed by atoms with Crippen LogP contribution in [0.1, 0.15) is 42.5 Å². The van der Waals surface area contributed by atoms with Gasteiger partial charge in [0.2, 0.25) is 0 Å². The number of likely N-dealkylation sites (N-methyl/N-ethyl adjacent to an activating group) is 1. The van der Waals surface area contributed by atoms with Gasteiger partial charge in [0.05, 0.1) is 11.8 Å². The average molecular weight is 289 g/mol. The van der Waals surface area contributed by atoms with Crippen LogP contribution in [0.15, 0.2) is 18.5 Å². The fourth-order valence-corrected chi connectivity index (χ4v) is 3.74. The van der Waals surface area contributed by atoms with Crippen LogP contribution in [-0.2, 0) is 0 Å². The summed E-state index contributed by atoms with van der Waals surface area (Å²) in [7, 11) is 2.17. The number of aromatic nitrogens is 1. The highest BCUT2D eigenvalue weighted by Gasteiger charge is 2.37. The first-order chi connectivity index (χ1) is 10.2.